The van der Waals surface area contributed by atoms with Gasteiger partial charge in [-0.15, -0.1) is 0 Å². The standard InChI is InChI=1S/C13H23NO4/c1-2-14(8-3-9-15)12(16)10-4-6-11(7-5-10)13(17)18/h10-11,15H,2-9H2,1H3,(H,17,18). The molecule has 1 aliphatic carbocycles. The summed E-state index contributed by atoms with van der Waals surface area (Å²) in [5.41, 5.74) is 0. The van der Waals surface area contributed by atoms with Gasteiger partial charge in [-0.1, -0.05) is 0 Å². The van der Waals surface area contributed by atoms with E-state index in [1.54, 1.807) is 4.90 Å². The van der Waals surface area contributed by atoms with Gasteiger partial charge in [-0.25, -0.2) is 0 Å². The van der Waals surface area contributed by atoms with Crippen LogP contribution in [0, 0.1) is 11.8 Å². The zero-order chi connectivity index (χ0) is 13.5. The van der Waals surface area contributed by atoms with E-state index in [0.29, 0.717) is 45.2 Å². The van der Waals surface area contributed by atoms with Crippen molar-refractivity contribution in [3.63, 3.8) is 0 Å². The van der Waals surface area contributed by atoms with Gasteiger partial charge in [0.2, 0.25) is 5.91 Å². The van der Waals surface area contributed by atoms with Crippen molar-refractivity contribution in [2.45, 2.75) is 39.0 Å². The molecule has 2 N–H and O–H groups in total. The highest BCUT2D eigenvalue weighted by atomic mass is 16.4. The molecule has 18 heavy (non-hydrogen) atoms. The van der Waals surface area contributed by atoms with Gasteiger partial charge in [-0.05, 0) is 39.0 Å². The zero-order valence-electron chi connectivity index (χ0n) is 11.0. The number of carbonyl (C=O) groups excluding carboxylic acids is 1. The van der Waals surface area contributed by atoms with Crippen LogP contribution < -0.4 is 0 Å². The molecule has 0 spiro atoms. The maximum Gasteiger partial charge on any atom is 0.306 e. The average molecular weight is 257 g/mol. The first-order valence-corrected chi connectivity index (χ1v) is 6.72. The Kier molecular flexibility index (Phi) is 6.12. The molecule has 104 valence electrons. The molecule has 1 aliphatic rings. The number of aliphatic hydroxyl groups excluding tert-OH is 1. The van der Waals surface area contributed by atoms with Crippen molar-refractivity contribution in [2.24, 2.45) is 11.8 Å². The van der Waals surface area contributed by atoms with Gasteiger partial charge in [-0.3, -0.25) is 9.59 Å². The van der Waals surface area contributed by atoms with Crippen molar-refractivity contribution in [3.8, 4) is 0 Å². The fraction of sp³-hybridized carbons (Fsp3) is 0.846. The van der Waals surface area contributed by atoms with Crippen LogP contribution in [-0.2, 0) is 9.59 Å². The number of aliphatic carboxylic acids is 1. The second-order valence-electron chi connectivity index (χ2n) is 4.88. The Balaban J connectivity index is 2.45. The van der Waals surface area contributed by atoms with Crippen LogP contribution in [0.4, 0.5) is 0 Å². The molecule has 0 unspecified atom stereocenters. The Bertz CT molecular complexity index is 285. The molecule has 0 aliphatic heterocycles. The molecule has 0 aromatic carbocycles. The van der Waals surface area contributed by atoms with E-state index in [2.05, 4.69) is 0 Å². The summed E-state index contributed by atoms with van der Waals surface area (Å²) in [5, 5.41) is 17.7. The third-order valence-corrected chi connectivity index (χ3v) is 3.71. The summed E-state index contributed by atoms with van der Waals surface area (Å²) < 4.78 is 0. The van der Waals surface area contributed by atoms with Crippen LogP contribution in [0.1, 0.15) is 39.0 Å². The average Bonchev–Trinajstić information content (AvgIpc) is 2.39. The summed E-state index contributed by atoms with van der Waals surface area (Å²) in [5.74, 6) is -0.927. The maximum atomic E-state index is 12.2. The Morgan fingerprint density at radius 2 is 1.72 bits per heavy atom. The van der Waals surface area contributed by atoms with Crippen molar-refractivity contribution in [2.75, 3.05) is 19.7 Å². The molecule has 0 atom stereocenters. The predicted octanol–water partition coefficient (Wildman–Crippen LogP) is 1.11. The number of amides is 1. The number of carboxylic acid groups (broad SMARTS) is 1. The highest BCUT2D eigenvalue weighted by Crippen LogP contribution is 2.30. The van der Waals surface area contributed by atoms with E-state index >= 15 is 0 Å². The largest absolute Gasteiger partial charge is 0.481 e. The van der Waals surface area contributed by atoms with Gasteiger partial charge in [0.25, 0.3) is 0 Å². The molecular weight excluding hydrogens is 234 g/mol. The quantitative estimate of drug-likeness (QED) is 0.747. The lowest BCUT2D eigenvalue weighted by molar-refractivity contribution is -0.145. The second-order valence-corrected chi connectivity index (χ2v) is 4.88. The lowest BCUT2D eigenvalue weighted by atomic mass is 9.81. The Hall–Kier alpha value is -1.10. The summed E-state index contributed by atoms with van der Waals surface area (Å²) in [4.78, 5) is 24.8. The monoisotopic (exact) mass is 257 g/mol. The number of carboxylic acids is 1. The van der Waals surface area contributed by atoms with E-state index in [1.165, 1.54) is 0 Å². The third-order valence-electron chi connectivity index (χ3n) is 3.71. The fourth-order valence-electron chi connectivity index (χ4n) is 2.53. The van der Waals surface area contributed by atoms with Crippen LogP contribution in [0.3, 0.4) is 0 Å². The molecule has 0 bridgehead atoms. The van der Waals surface area contributed by atoms with Gasteiger partial charge in [0.15, 0.2) is 0 Å². The van der Waals surface area contributed by atoms with Crippen molar-refractivity contribution in [3.05, 3.63) is 0 Å². The molecule has 0 saturated heterocycles. The van der Waals surface area contributed by atoms with Crippen LogP contribution in [-0.4, -0.2) is 46.7 Å². The lowest BCUT2D eigenvalue weighted by Gasteiger charge is -2.30. The first-order valence-electron chi connectivity index (χ1n) is 6.72. The van der Waals surface area contributed by atoms with E-state index in [1.807, 2.05) is 6.92 Å². The van der Waals surface area contributed by atoms with Crippen LogP contribution in [0.2, 0.25) is 0 Å². The third kappa shape index (κ3) is 3.98. The van der Waals surface area contributed by atoms with Crippen molar-refractivity contribution < 1.29 is 19.8 Å². The first kappa shape index (κ1) is 15.0. The molecule has 1 saturated carbocycles. The number of nitrogens with zero attached hydrogens (tertiary/aromatic N) is 1. The number of rotatable bonds is 6. The minimum atomic E-state index is -0.742. The number of hydrogen-bond donors (Lipinski definition) is 2. The van der Waals surface area contributed by atoms with Crippen LogP contribution in [0.15, 0.2) is 0 Å². The molecule has 5 heteroatoms. The number of hydrogen-bond acceptors (Lipinski definition) is 3. The Morgan fingerprint density at radius 3 is 2.17 bits per heavy atom. The Morgan fingerprint density at radius 1 is 1.17 bits per heavy atom. The predicted molar refractivity (Wildman–Crippen MR) is 67.0 cm³/mol. The summed E-state index contributed by atoms with van der Waals surface area (Å²) in [7, 11) is 0. The minimum absolute atomic E-state index is 0.0285. The summed E-state index contributed by atoms with van der Waals surface area (Å²) >= 11 is 0. The van der Waals surface area contributed by atoms with Gasteiger partial charge in [-0.2, -0.15) is 0 Å². The molecule has 0 heterocycles. The zero-order valence-corrected chi connectivity index (χ0v) is 11.0. The normalized spacial score (nSPS) is 23.7. The molecular formula is C13H23NO4. The van der Waals surface area contributed by atoms with E-state index in [9.17, 15) is 9.59 Å². The smallest absolute Gasteiger partial charge is 0.306 e. The minimum Gasteiger partial charge on any atom is -0.481 e. The molecule has 1 rings (SSSR count). The Labute approximate surface area is 108 Å². The van der Waals surface area contributed by atoms with E-state index in [4.69, 9.17) is 10.2 Å². The van der Waals surface area contributed by atoms with Crippen LogP contribution in [0.25, 0.3) is 0 Å². The van der Waals surface area contributed by atoms with E-state index < -0.39 is 5.97 Å². The van der Waals surface area contributed by atoms with Crippen molar-refractivity contribution >= 4 is 11.9 Å². The maximum absolute atomic E-state index is 12.2. The van der Waals surface area contributed by atoms with Crippen molar-refractivity contribution in [1.82, 2.24) is 4.90 Å². The topological polar surface area (TPSA) is 77.8 Å². The highest BCUT2D eigenvalue weighted by Gasteiger charge is 2.31. The first-order chi connectivity index (χ1) is 8.60. The van der Waals surface area contributed by atoms with Gasteiger partial charge in [0, 0.05) is 25.6 Å². The summed E-state index contributed by atoms with van der Waals surface area (Å²) in [6, 6.07) is 0. The van der Waals surface area contributed by atoms with E-state index in [-0.39, 0.29) is 24.3 Å². The number of aliphatic hydroxyl groups is 1. The fourth-order valence-corrected chi connectivity index (χ4v) is 2.53. The molecule has 1 fully saturated rings. The van der Waals surface area contributed by atoms with Gasteiger partial charge < -0.3 is 15.1 Å². The summed E-state index contributed by atoms with van der Waals surface area (Å²) in [6.45, 7) is 3.26. The molecule has 0 aromatic heterocycles. The van der Waals surface area contributed by atoms with Crippen molar-refractivity contribution in [1.29, 1.82) is 0 Å². The molecule has 0 radical (unpaired) electrons. The number of carbonyl (C=O) groups is 2. The van der Waals surface area contributed by atoms with E-state index in [0.717, 1.165) is 0 Å². The highest BCUT2D eigenvalue weighted by molar-refractivity contribution is 5.79. The van der Waals surface area contributed by atoms with Gasteiger partial charge in [0.1, 0.15) is 0 Å². The summed E-state index contributed by atoms with van der Waals surface area (Å²) in [6.07, 6.45) is 3.15. The van der Waals surface area contributed by atoms with Gasteiger partial charge >= 0.3 is 5.97 Å². The second kappa shape index (κ2) is 7.36. The molecule has 1 amide bonds. The lowest BCUT2D eigenvalue weighted by Crippen LogP contribution is -2.39. The molecule has 5 nitrogen and oxygen atoms in total. The SMILES string of the molecule is CCN(CCCO)C(=O)C1CCC(C(=O)O)CC1. The molecule has 0 aromatic rings. The van der Waals surface area contributed by atoms with Gasteiger partial charge in [0.05, 0.1) is 5.92 Å². The van der Waals surface area contributed by atoms with Crippen LogP contribution in [0.5, 0.6) is 0 Å². The van der Waals surface area contributed by atoms with Crippen LogP contribution >= 0.6 is 0 Å².